The van der Waals surface area contributed by atoms with Crippen LogP contribution in [-0.4, -0.2) is 24.2 Å². The molecule has 0 radical (unpaired) electrons. The predicted molar refractivity (Wildman–Crippen MR) is 111 cm³/mol. The highest BCUT2D eigenvalue weighted by atomic mass is 32.1. The van der Waals surface area contributed by atoms with E-state index in [0.29, 0.717) is 24.6 Å². The maximum absolute atomic E-state index is 10.5. The van der Waals surface area contributed by atoms with Crippen molar-refractivity contribution in [2.75, 3.05) is 13.1 Å². The summed E-state index contributed by atoms with van der Waals surface area (Å²) < 4.78 is 1.17. The Kier molecular flexibility index (Phi) is 6.42. The molecule has 0 saturated carbocycles. The third kappa shape index (κ3) is 5.07. The molecule has 1 unspecified atom stereocenters. The number of nitrogens with zero attached hydrogens (tertiary/aromatic N) is 2. The first kappa shape index (κ1) is 18.9. The number of hydrogen-bond donors (Lipinski definition) is 3. The molecule has 3 rings (SSSR count). The second-order valence-electron chi connectivity index (χ2n) is 6.09. The summed E-state index contributed by atoms with van der Waals surface area (Å²) in [5.74, 6) is 0.655. The summed E-state index contributed by atoms with van der Waals surface area (Å²) in [6.07, 6.45) is -0.596. The number of aliphatic hydroxyl groups is 1. The number of nitriles is 1. The van der Waals surface area contributed by atoms with E-state index in [4.69, 9.17) is 5.26 Å². The number of benzene rings is 2. The molecule has 3 N–H and O–H groups in total. The lowest BCUT2D eigenvalue weighted by Gasteiger charge is -2.14. The summed E-state index contributed by atoms with van der Waals surface area (Å²) in [5, 5.41) is 26.9. The van der Waals surface area contributed by atoms with Crippen LogP contribution in [0.25, 0.3) is 10.1 Å². The normalized spacial score (nSPS) is 12.6. The lowest BCUT2D eigenvalue weighted by Crippen LogP contribution is -2.39. The SMILES string of the molecule is CCNC(=NCc1ccc(C#N)cc1)NCC(O)c1cc2ccccc2s1. The minimum absolute atomic E-state index is 0.381. The van der Waals surface area contributed by atoms with Crippen LogP contribution in [0.4, 0.5) is 0 Å². The van der Waals surface area contributed by atoms with Crippen LogP contribution in [0.3, 0.4) is 0 Å². The molecule has 1 atom stereocenters. The molecule has 0 bridgehead atoms. The van der Waals surface area contributed by atoms with Gasteiger partial charge in [0.15, 0.2) is 5.96 Å². The minimum atomic E-state index is -0.596. The zero-order valence-corrected chi connectivity index (χ0v) is 16.0. The number of aliphatic hydroxyl groups excluding tert-OH is 1. The van der Waals surface area contributed by atoms with Gasteiger partial charge < -0.3 is 15.7 Å². The second-order valence-corrected chi connectivity index (χ2v) is 7.20. The molecule has 27 heavy (non-hydrogen) atoms. The summed E-state index contributed by atoms with van der Waals surface area (Å²) in [4.78, 5) is 5.49. The Balaban J connectivity index is 1.61. The van der Waals surface area contributed by atoms with Gasteiger partial charge in [-0.1, -0.05) is 30.3 Å². The highest BCUT2D eigenvalue weighted by molar-refractivity contribution is 7.19. The van der Waals surface area contributed by atoms with Gasteiger partial charge in [0.2, 0.25) is 0 Å². The monoisotopic (exact) mass is 378 g/mol. The second kappa shape index (κ2) is 9.17. The van der Waals surface area contributed by atoms with Gasteiger partial charge in [-0.25, -0.2) is 4.99 Å². The number of hydrogen-bond acceptors (Lipinski definition) is 4. The van der Waals surface area contributed by atoms with Gasteiger partial charge in [-0.3, -0.25) is 0 Å². The molecule has 0 amide bonds. The molecule has 0 fully saturated rings. The molecular formula is C21H22N4OS. The van der Waals surface area contributed by atoms with Crippen molar-refractivity contribution in [3.8, 4) is 6.07 Å². The van der Waals surface area contributed by atoms with Gasteiger partial charge in [-0.15, -0.1) is 11.3 Å². The first-order valence-corrected chi connectivity index (χ1v) is 9.69. The highest BCUT2D eigenvalue weighted by Crippen LogP contribution is 2.29. The van der Waals surface area contributed by atoms with Crippen LogP contribution in [0.1, 0.15) is 29.0 Å². The fourth-order valence-electron chi connectivity index (χ4n) is 2.66. The maximum atomic E-state index is 10.5. The number of fused-ring (bicyclic) bond motifs is 1. The van der Waals surface area contributed by atoms with Gasteiger partial charge in [0, 0.05) is 22.7 Å². The standard InChI is InChI=1S/C21H22N4OS/c1-2-23-21(24-13-16-9-7-15(12-22)8-10-16)25-14-18(26)20-11-17-5-3-4-6-19(17)27-20/h3-11,18,26H,2,13-14H2,1H3,(H2,23,24,25). The lowest BCUT2D eigenvalue weighted by atomic mass is 10.1. The third-order valence-corrected chi connectivity index (χ3v) is 5.30. The Morgan fingerprint density at radius 3 is 2.67 bits per heavy atom. The van der Waals surface area contributed by atoms with Crippen molar-refractivity contribution in [3.05, 3.63) is 70.6 Å². The topological polar surface area (TPSA) is 80.4 Å². The zero-order valence-electron chi connectivity index (χ0n) is 15.1. The van der Waals surface area contributed by atoms with Crippen molar-refractivity contribution in [2.45, 2.75) is 19.6 Å². The molecule has 2 aromatic carbocycles. The predicted octanol–water partition coefficient (Wildman–Crippen LogP) is 3.56. The van der Waals surface area contributed by atoms with Crippen molar-refractivity contribution in [1.29, 1.82) is 5.26 Å². The van der Waals surface area contributed by atoms with Crippen molar-refractivity contribution in [1.82, 2.24) is 10.6 Å². The van der Waals surface area contributed by atoms with Crippen LogP contribution in [0.2, 0.25) is 0 Å². The summed E-state index contributed by atoms with van der Waals surface area (Å²) in [5.41, 5.74) is 1.66. The van der Waals surface area contributed by atoms with E-state index >= 15 is 0 Å². The van der Waals surface area contributed by atoms with Crippen LogP contribution in [0.15, 0.2) is 59.6 Å². The largest absolute Gasteiger partial charge is 0.386 e. The minimum Gasteiger partial charge on any atom is -0.386 e. The van der Waals surface area contributed by atoms with E-state index in [0.717, 1.165) is 22.4 Å². The summed E-state index contributed by atoms with van der Waals surface area (Å²) in [6, 6.07) is 19.6. The molecule has 0 aliphatic rings. The molecule has 5 nitrogen and oxygen atoms in total. The molecule has 1 aromatic heterocycles. The molecule has 0 aliphatic carbocycles. The van der Waals surface area contributed by atoms with Crippen LogP contribution >= 0.6 is 11.3 Å². The van der Waals surface area contributed by atoms with Crippen LogP contribution in [0.5, 0.6) is 0 Å². The summed E-state index contributed by atoms with van der Waals surface area (Å²) >= 11 is 1.61. The van der Waals surface area contributed by atoms with Crippen LogP contribution < -0.4 is 10.6 Å². The number of aliphatic imine (C=N–C) groups is 1. The number of rotatable bonds is 6. The average molecular weight is 379 g/mol. The van der Waals surface area contributed by atoms with E-state index in [1.54, 1.807) is 23.5 Å². The number of nitrogens with one attached hydrogen (secondary N) is 2. The summed E-state index contributed by atoms with van der Waals surface area (Å²) in [7, 11) is 0. The summed E-state index contributed by atoms with van der Waals surface area (Å²) in [6.45, 7) is 3.62. The van der Waals surface area contributed by atoms with Crippen molar-refractivity contribution >= 4 is 27.4 Å². The molecule has 0 spiro atoms. The Morgan fingerprint density at radius 2 is 1.96 bits per heavy atom. The molecule has 138 valence electrons. The first-order chi connectivity index (χ1) is 13.2. The van der Waals surface area contributed by atoms with Crippen LogP contribution in [-0.2, 0) is 6.54 Å². The number of guanidine groups is 1. The molecule has 0 aliphatic heterocycles. The van der Waals surface area contributed by atoms with E-state index in [9.17, 15) is 5.11 Å². The lowest BCUT2D eigenvalue weighted by molar-refractivity contribution is 0.184. The molecule has 3 aromatic rings. The first-order valence-electron chi connectivity index (χ1n) is 8.87. The van der Waals surface area contributed by atoms with Gasteiger partial charge >= 0.3 is 0 Å². The fraction of sp³-hybridized carbons (Fsp3) is 0.238. The van der Waals surface area contributed by atoms with Crippen LogP contribution in [0, 0.1) is 11.3 Å². The van der Waals surface area contributed by atoms with E-state index < -0.39 is 6.10 Å². The fourth-order valence-corrected chi connectivity index (χ4v) is 3.71. The van der Waals surface area contributed by atoms with E-state index in [1.807, 2.05) is 37.3 Å². The maximum Gasteiger partial charge on any atom is 0.191 e. The Labute approximate surface area is 163 Å². The molecular weight excluding hydrogens is 356 g/mol. The van der Waals surface area contributed by atoms with Crippen molar-refractivity contribution in [2.24, 2.45) is 4.99 Å². The van der Waals surface area contributed by atoms with Crippen molar-refractivity contribution < 1.29 is 5.11 Å². The number of thiophene rings is 1. The highest BCUT2D eigenvalue weighted by Gasteiger charge is 2.12. The molecule has 0 saturated heterocycles. The molecule has 1 heterocycles. The third-order valence-electron chi connectivity index (χ3n) is 4.08. The molecule has 6 heteroatoms. The quantitative estimate of drug-likeness (QED) is 0.453. The van der Waals surface area contributed by atoms with Gasteiger partial charge in [-0.2, -0.15) is 5.26 Å². The Morgan fingerprint density at radius 1 is 1.19 bits per heavy atom. The Hall–Kier alpha value is -2.88. The van der Waals surface area contributed by atoms with Gasteiger partial charge in [-0.05, 0) is 42.1 Å². The van der Waals surface area contributed by atoms with E-state index in [2.05, 4.69) is 33.8 Å². The van der Waals surface area contributed by atoms with Gasteiger partial charge in [0.1, 0.15) is 6.10 Å². The Bertz CT molecular complexity index is 923. The van der Waals surface area contributed by atoms with E-state index in [1.165, 1.54) is 4.70 Å². The smallest absolute Gasteiger partial charge is 0.191 e. The van der Waals surface area contributed by atoms with Gasteiger partial charge in [0.25, 0.3) is 0 Å². The van der Waals surface area contributed by atoms with Crippen molar-refractivity contribution in [3.63, 3.8) is 0 Å². The zero-order chi connectivity index (χ0) is 19.1. The average Bonchev–Trinajstić information content (AvgIpc) is 3.14. The van der Waals surface area contributed by atoms with E-state index in [-0.39, 0.29) is 0 Å². The van der Waals surface area contributed by atoms with Gasteiger partial charge in [0.05, 0.1) is 18.2 Å².